The van der Waals surface area contributed by atoms with Crippen LogP contribution in [0, 0.1) is 0 Å². The normalized spacial score (nSPS) is 12.8. The monoisotopic (exact) mass is 232 g/mol. The fourth-order valence-corrected chi connectivity index (χ4v) is 2.36. The molecule has 14 heavy (non-hydrogen) atoms. The molecule has 0 radical (unpaired) electrons. The Labute approximate surface area is 94.7 Å². The molecule has 0 spiro atoms. The first kappa shape index (κ1) is 11.8. The third kappa shape index (κ3) is 3.46. The van der Waals surface area contributed by atoms with Crippen molar-refractivity contribution < 1.29 is 0 Å². The van der Waals surface area contributed by atoms with Crippen molar-refractivity contribution in [1.29, 1.82) is 0 Å². The van der Waals surface area contributed by atoms with Gasteiger partial charge < -0.3 is 5.32 Å². The van der Waals surface area contributed by atoms with E-state index in [1.807, 2.05) is 0 Å². The van der Waals surface area contributed by atoms with Crippen LogP contribution in [0.2, 0.25) is 0 Å². The third-order valence-corrected chi connectivity index (χ3v) is 3.23. The Balaban J connectivity index is 2.48. The zero-order valence-corrected chi connectivity index (χ0v) is 10.3. The van der Waals surface area contributed by atoms with E-state index in [0.717, 1.165) is 24.4 Å². The second kappa shape index (κ2) is 6.25. The van der Waals surface area contributed by atoms with Crippen molar-refractivity contribution in [3.63, 3.8) is 0 Å². The maximum Gasteiger partial charge on any atom is 0.183 e. The molecule has 1 unspecified atom stereocenters. The van der Waals surface area contributed by atoms with Crippen LogP contribution in [0.3, 0.4) is 0 Å². The molecule has 0 saturated carbocycles. The highest BCUT2D eigenvalue weighted by Gasteiger charge is 2.07. The lowest BCUT2D eigenvalue weighted by Gasteiger charge is -2.14. The van der Waals surface area contributed by atoms with Gasteiger partial charge in [-0.05, 0) is 19.3 Å². The van der Waals surface area contributed by atoms with Crippen LogP contribution < -0.4 is 5.32 Å². The molecule has 0 amide bonds. The van der Waals surface area contributed by atoms with Gasteiger partial charge in [0.25, 0.3) is 0 Å². The minimum atomic E-state index is 0.461. The first-order valence-corrected chi connectivity index (χ1v) is 6.48. The summed E-state index contributed by atoms with van der Waals surface area (Å²) < 4.78 is 0. The van der Waals surface area contributed by atoms with E-state index in [2.05, 4.69) is 29.5 Å². The zero-order chi connectivity index (χ0) is 10.4. The number of anilines is 1. The first-order chi connectivity index (χ1) is 6.80. The Kier molecular flexibility index (Phi) is 5.26. The van der Waals surface area contributed by atoms with E-state index in [4.69, 9.17) is 11.6 Å². The summed E-state index contributed by atoms with van der Waals surface area (Å²) in [6.45, 7) is 4.29. The van der Waals surface area contributed by atoms with E-state index in [9.17, 15) is 0 Å². The number of hydrogen-bond acceptors (Lipinski definition) is 3. The van der Waals surface area contributed by atoms with E-state index < -0.39 is 0 Å². The molecule has 1 rings (SSSR count). The summed E-state index contributed by atoms with van der Waals surface area (Å²) in [5.74, 6) is 0.706. The predicted octanol–water partition coefficient (Wildman–Crippen LogP) is 3.52. The van der Waals surface area contributed by atoms with Crippen molar-refractivity contribution in [3.05, 3.63) is 11.1 Å². The lowest BCUT2D eigenvalue weighted by molar-refractivity contribution is 0.674. The van der Waals surface area contributed by atoms with Gasteiger partial charge in [-0.1, -0.05) is 13.8 Å². The van der Waals surface area contributed by atoms with Crippen LogP contribution in [0.25, 0.3) is 0 Å². The number of nitrogens with one attached hydrogen (secondary N) is 1. The van der Waals surface area contributed by atoms with Crippen molar-refractivity contribution in [1.82, 2.24) is 4.98 Å². The summed E-state index contributed by atoms with van der Waals surface area (Å²) in [5, 5.41) is 6.54. The Morgan fingerprint density at radius 1 is 1.57 bits per heavy atom. The largest absolute Gasteiger partial charge is 0.359 e. The second-order valence-electron chi connectivity index (χ2n) is 3.22. The number of thiazole rings is 1. The number of nitrogens with zero attached hydrogens (tertiary/aromatic N) is 1. The second-order valence-corrected chi connectivity index (χ2v) is 4.46. The van der Waals surface area contributed by atoms with Crippen LogP contribution in [0.1, 0.15) is 32.4 Å². The summed E-state index contributed by atoms with van der Waals surface area (Å²) in [6.07, 6.45) is 3.09. The highest BCUT2D eigenvalue weighted by molar-refractivity contribution is 7.13. The van der Waals surface area contributed by atoms with Gasteiger partial charge in [0, 0.05) is 17.3 Å². The number of aryl methyl sites for hydroxylation is 1. The molecule has 1 atom stereocenters. The quantitative estimate of drug-likeness (QED) is 0.760. The van der Waals surface area contributed by atoms with Crippen LogP contribution in [-0.4, -0.2) is 16.9 Å². The number of hydrogen-bond donors (Lipinski definition) is 1. The van der Waals surface area contributed by atoms with E-state index in [0.29, 0.717) is 11.9 Å². The zero-order valence-electron chi connectivity index (χ0n) is 8.72. The molecule has 0 aromatic carbocycles. The van der Waals surface area contributed by atoms with Crippen molar-refractivity contribution in [2.45, 2.75) is 39.2 Å². The van der Waals surface area contributed by atoms with E-state index in [-0.39, 0.29) is 0 Å². The lowest BCUT2D eigenvalue weighted by Crippen LogP contribution is -2.18. The van der Waals surface area contributed by atoms with Crippen molar-refractivity contribution in [3.8, 4) is 0 Å². The first-order valence-electron chi connectivity index (χ1n) is 5.07. The van der Waals surface area contributed by atoms with Gasteiger partial charge in [0.1, 0.15) is 0 Å². The average Bonchev–Trinajstić information content (AvgIpc) is 2.65. The van der Waals surface area contributed by atoms with Gasteiger partial charge in [0.05, 0.1) is 5.69 Å². The van der Waals surface area contributed by atoms with Crippen LogP contribution in [0.15, 0.2) is 5.38 Å². The SMILES string of the molecule is CCc1csc(NC(CC)CCCl)n1. The molecule has 0 aliphatic carbocycles. The predicted molar refractivity (Wildman–Crippen MR) is 64.5 cm³/mol. The van der Waals surface area contributed by atoms with E-state index in [1.165, 1.54) is 5.69 Å². The topological polar surface area (TPSA) is 24.9 Å². The van der Waals surface area contributed by atoms with Gasteiger partial charge in [-0.25, -0.2) is 4.98 Å². The molecule has 1 N–H and O–H groups in total. The number of alkyl halides is 1. The molecule has 80 valence electrons. The van der Waals surface area contributed by atoms with Gasteiger partial charge >= 0.3 is 0 Å². The maximum absolute atomic E-state index is 5.72. The number of halogens is 1. The molecular formula is C10H17ClN2S. The Bertz CT molecular complexity index is 262. The van der Waals surface area contributed by atoms with Crippen LogP contribution in [0.4, 0.5) is 5.13 Å². The lowest BCUT2D eigenvalue weighted by atomic mass is 10.2. The smallest absolute Gasteiger partial charge is 0.183 e. The van der Waals surface area contributed by atoms with Gasteiger partial charge in [0.15, 0.2) is 5.13 Å². The number of rotatable bonds is 6. The molecule has 4 heteroatoms. The maximum atomic E-state index is 5.72. The third-order valence-electron chi connectivity index (χ3n) is 2.19. The molecule has 2 nitrogen and oxygen atoms in total. The minimum Gasteiger partial charge on any atom is -0.359 e. The molecule has 1 heterocycles. The molecule has 0 bridgehead atoms. The molecule has 0 aliphatic heterocycles. The molecule has 0 aliphatic rings. The van der Waals surface area contributed by atoms with Crippen molar-refractivity contribution in [2.75, 3.05) is 11.2 Å². The van der Waals surface area contributed by atoms with Crippen LogP contribution in [-0.2, 0) is 6.42 Å². The van der Waals surface area contributed by atoms with Gasteiger partial charge in [-0.2, -0.15) is 0 Å². The van der Waals surface area contributed by atoms with Gasteiger partial charge in [-0.3, -0.25) is 0 Å². The molecule has 0 fully saturated rings. The Morgan fingerprint density at radius 2 is 2.36 bits per heavy atom. The van der Waals surface area contributed by atoms with E-state index >= 15 is 0 Å². The fraction of sp³-hybridized carbons (Fsp3) is 0.700. The van der Waals surface area contributed by atoms with E-state index in [1.54, 1.807) is 11.3 Å². The average molecular weight is 233 g/mol. The standard InChI is InChI=1S/C10H17ClN2S/c1-3-8(5-6-11)12-10-13-9(4-2)7-14-10/h7-8H,3-6H2,1-2H3,(H,12,13). The summed E-state index contributed by atoms with van der Waals surface area (Å²) in [7, 11) is 0. The summed E-state index contributed by atoms with van der Waals surface area (Å²) >= 11 is 7.40. The Morgan fingerprint density at radius 3 is 2.86 bits per heavy atom. The summed E-state index contributed by atoms with van der Waals surface area (Å²) in [4.78, 5) is 4.46. The molecule has 1 aromatic rings. The summed E-state index contributed by atoms with van der Waals surface area (Å²) in [5.41, 5.74) is 1.17. The molecule has 1 aromatic heterocycles. The molecule has 0 saturated heterocycles. The minimum absolute atomic E-state index is 0.461. The number of aromatic nitrogens is 1. The highest BCUT2D eigenvalue weighted by Crippen LogP contribution is 2.18. The molecular weight excluding hydrogens is 216 g/mol. The van der Waals surface area contributed by atoms with Crippen molar-refractivity contribution >= 4 is 28.1 Å². The van der Waals surface area contributed by atoms with Crippen LogP contribution >= 0.6 is 22.9 Å². The van der Waals surface area contributed by atoms with Gasteiger partial charge in [0.2, 0.25) is 0 Å². The highest BCUT2D eigenvalue weighted by atomic mass is 35.5. The van der Waals surface area contributed by atoms with Gasteiger partial charge in [-0.15, -0.1) is 22.9 Å². The van der Waals surface area contributed by atoms with Crippen LogP contribution in [0.5, 0.6) is 0 Å². The summed E-state index contributed by atoms with van der Waals surface area (Å²) in [6, 6.07) is 0.461. The Hall–Kier alpha value is -0.280. The van der Waals surface area contributed by atoms with Crippen molar-refractivity contribution in [2.24, 2.45) is 0 Å². The fourth-order valence-electron chi connectivity index (χ4n) is 1.22.